The molecule has 0 unspecified atom stereocenters. The summed E-state index contributed by atoms with van der Waals surface area (Å²) in [6.45, 7) is 2.35. The van der Waals surface area contributed by atoms with Crippen molar-refractivity contribution in [1.82, 2.24) is 16.0 Å². The number of nitrogens with zero attached hydrogens (tertiary/aromatic N) is 1. The third-order valence-corrected chi connectivity index (χ3v) is 7.76. The predicted molar refractivity (Wildman–Crippen MR) is 151 cm³/mol. The second-order valence-corrected chi connectivity index (χ2v) is 10.6. The number of carbonyl (C=O) groups excluding carboxylic acids is 2. The average Bonchev–Trinajstić information content (AvgIpc) is 2.95. The molecular weight excluding hydrogens is 526 g/mol. The lowest BCUT2D eigenvalue weighted by molar-refractivity contribution is -0.120. The van der Waals surface area contributed by atoms with Gasteiger partial charge < -0.3 is 16.0 Å². The van der Waals surface area contributed by atoms with Crippen molar-refractivity contribution in [2.45, 2.75) is 17.7 Å². The van der Waals surface area contributed by atoms with Crippen LogP contribution in [0.4, 0.5) is 11.4 Å². The molecule has 4 rings (SSSR count). The summed E-state index contributed by atoms with van der Waals surface area (Å²) in [6, 6.07) is 23.3. The van der Waals surface area contributed by atoms with Crippen molar-refractivity contribution in [3.8, 4) is 0 Å². The van der Waals surface area contributed by atoms with E-state index in [-0.39, 0.29) is 35.3 Å². The minimum atomic E-state index is -4.02. The summed E-state index contributed by atoms with van der Waals surface area (Å²) in [4.78, 5) is 24.7. The summed E-state index contributed by atoms with van der Waals surface area (Å²) in [7, 11) is -4.02. The van der Waals surface area contributed by atoms with E-state index in [1.54, 1.807) is 54.6 Å². The van der Waals surface area contributed by atoms with Crippen LogP contribution in [-0.4, -0.2) is 46.4 Å². The van der Waals surface area contributed by atoms with Gasteiger partial charge in [-0.2, -0.15) is 12.8 Å². The lowest BCUT2D eigenvalue weighted by atomic mass is 9.98. The van der Waals surface area contributed by atoms with Gasteiger partial charge in [-0.25, -0.2) is 0 Å². The summed E-state index contributed by atoms with van der Waals surface area (Å²) in [6.07, 6.45) is 2.04. The molecule has 3 aromatic rings. The van der Waals surface area contributed by atoms with Crippen molar-refractivity contribution in [1.29, 1.82) is 0 Å². The molecule has 9 nitrogen and oxygen atoms in total. The van der Waals surface area contributed by atoms with Crippen LogP contribution in [0.3, 0.4) is 0 Å². The zero-order chi connectivity index (χ0) is 26.1. The maximum Gasteiger partial charge on any atom is 0.281 e. The molecule has 0 aromatic heterocycles. The maximum absolute atomic E-state index is 13.5. The molecule has 2 amide bonds. The normalized spacial score (nSPS) is 13.6. The van der Waals surface area contributed by atoms with Gasteiger partial charge in [-0.1, -0.05) is 36.4 Å². The van der Waals surface area contributed by atoms with E-state index in [2.05, 4.69) is 21.4 Å². The van der Waals surface area contributed by atoms with Gasteiger partial charge in [0.1, 0.15) is 0 Å². The van der Waals surface area contributed by atoms with Gasteiger partial charge in [-0.15, -0.1) is 12.4 Å². The van der Waals surface area contributed by atoms with Crippen LogP contribution >= 0.6 is 12.4 Å². The van der Waals surface area contributed by atoms with Crippen LogP contribution in [0.1, 0.15) is 23.2 Å². The van der Waals surface area contributed by atoms with Crippen LogP contribution in [-0.2, 0) is 14.8 Å². The molecule has 0 atom stereocenters. The van der Waals surface area contributed by atoms with Crippen LogP contribution in [0, 0.1) is 5.92 Å². The van der Waals surface area contributed by atoms with Crippen molar-refractivity contribution < 1.29 is 18.0 Å². The van der Waals surface area contributed by atoms with Crippen LogP contribution in [0.25, 0.3) is 0 Å². The minimum Gasteiger partial charge on any atom is -0.354 e. The van der Waals surface area contributed by atoms with Crippen LogP contribution < -0.4 is 25.8 Å². The Bertz CT molecular complexity index is 1290. The molecule has 3 aromatic carbocycles. The fraction of sp³-hybridized carbons (Fsp3) is 0.259. The van der Waals surface area contributed by atoms with E-state index >= 15 is 0 Å². The Labute approximate surface area is 229 Å². The number of benzene rings is 3. The number of piperidine rings is 1. The number of rotatable bonds is 10. The highest BCUT2D eigenvalue weighted by Gasteiger charge is 2.26. The molecular formula is C27H32ClN5O4S. The summed E-state index contributed by atoms with van der Waals surface area (Å²) in [5.74, 6) is -0.262. The molecule has 0 spiro atoms. The molecule has 38 heavy (non-hydrogen) atoms. The van der Waals surface area contributed by atoms with E-state index < -0.39 is 15.9 Å². The number of sulfonamides is 1. The highest BCUT2D eigenvalue weighted by Crippen LogP contribution is 2.25. The molecule has 0 radical (unpaired) electrons. The molecule has 1 saturated heterocycles. The summed E-state index contributed by atoms with van der Waals surface area (Å²) < 4.78 is 28.2. The molecule has 1 heterocycles. The number of halogens is 1. The largest absolute Gasteiger partial charge is 0.354 e. The number of anilines is 2. The zero-order valence-electron chi connectivity index (χ0n) is 20.8. The number of para-hydroxylation sites is 2. The molecule has 0 saturated carbocycles. The van der Waals surface area contributed by atoms with Crippen LogP contribution in [0.2, 0.25) is 0 Å². The summed E-state index contributed by atoms with van der Waals surface area (Å²) >= 11 is 0. The molecule has 4 N–H and O–H groups in total. The molecule has 1 fully saturated rings. The first-order valence-electron chi connectivity index (χ1n) is 12.2. The van der Waals surface area contributed by atoms with E-state index in [0.717, 1.165) is 30.3 Å². The van der Waals surface area contributed by atoms with Gasteiger partial charge in [0.15, 0.2) is 0 Å². The maximum atomic E-state index is 13.5. The van der Waals surface area contributed by atoms with Gasteiger partial charge in [-0.3, -0.25) is 15.0 Å². The second kappa shape index (κ2) is 13.8. The number of hydrogen-bond donors (Lipinski definition) is 4. The summed E-state index contributed by atoms with van der Waals surface area (Å²) in [5.41, 5.74) is 4.25. The smallest absolute Gasteiger partial charge is 0.281 e. The van der Waals surface area contributed by atoms with Crippen molar-refractivity contribution in [2.24, 2.45) is 5.92 Å². The molecule has 1 aliphatic rings. The Hall–Kier alpha value is -3.60. The Morgan fingerprint density at radius 2 is 1.45 bits per heavy atom. The second-order valence-electron chi connectivity index (χ2n) is 8.79. The average molecular weight is 558 g/mol. The third-order valence-electron chi connectivity index (χ3n) is 6.11. The van der Waals surface area contributed by atoms with Crippen LogP contribution in [0.5, 0.6) is 0 Å². The van der Waals surface area contributed by atoms with Gasteiger partial charge in [0, 0.05) is 12.1 Å². The minimum absolute atomic E-state index is 0. The first kappa shape index (κ1) is 29.0. The molecule has 0 aliphatic carbocycles. The highest BCUT2D eigenvalue weighted by molar-refractivity contribution is 7.92. The van der Waals surface area contributed by atoms with E-state index in [1.807, 2.05) is 6.07 Å². The van der Waals surface area contributed by atoms with Crippen molar-refractivity contribution >= 4 is 45.6 Å². The van der Waals surface area contributed by atoms with E-state index in [0.29, 0.717) is 23.8 Å². The van der Waals surface area contributed by atoms with E-state index in [9.17, 15) is 18.0 Å². The molecule has 1 aliphatic heterocycles. The van der Waals surface area contributed by atoms with Crippen molar-refractivity contribution in [2.75, 3.05) is 36.0 Å². The van der Waals surface area contributed by atoms with Gasteiger partial charge in [0.2, 0.25) is 5.91 Å². The highest BCUT2D eigenvalue weighted by atomic mass is 35.5. The lowest BCUT2D eigenvalue weighted by Crippen LogP contribution is -2.41. The standard InChI is InChI=1S/C27H31N5O4S.ClH/c33-26(29-19-21-15-17-28-18-16-21)20-30-27(34)22-11-13-25(14-12-22)37(35,36)32(24-9-5-2-6-10-24)31-23-7-3-1-4-8-23;/h1-14,21,28,31H,15-20H2,(H,29,33)(H,30,34);1H. The third kappa shape index (κ3) is 7.70. The van der Waals surface area contributed by atoms with E-state index in [1.165, 1.54) is 24.3 Å². The van der Waals surface area contributed by atoms with Crippen molar-refractivity contribution in [3.05, 3.63) is 90.5 Å². The number of carbonyl (C=O) groups is 2. The number of hydrogen-bond acceptors (Lipinski definition) is 6. The Morgan fingerprint density at radius 1 is 0.842 bits per heavy atom. The molecule has 11 heteroatoms. The Kier molecular flexibility index (Phi) is 10.5. The topological polar surface area (TPSA) is 120 Å². The fourth-order valence-corrected chi connectivity index (χ4v) is 5.33. The monoisotopic (exact) mass is 557 g/mol. The quantitative estimate of drug-likeness (QED) is 0.284. The lowest BCUT2D eigenvalue weighted by Gasteiger charge is -2.26. The van der Waals surface area contributed by atoms with Crippen molar-refractivity contribution in [3.63, 3.8) is 0 Å². The Morgan fingerprint density at radius 3 is 2.08 bits per heavy atom. The number of amides is 2. The number of hydrazine groups is 1. The van der Waals surface area contributed by atoms with Gasteiger partial charge >= 0.3 is 0 Å². The van der Waals surface area contributed by atoms with E-state index in [4.69, 9.17) is 0 Å². The SMILES string of the molecule is Cl.O=C(CNC(=O)c1ccc(S(=O)(=O)N(Nc2ccccc2)c2ccccc2)cc1)NCC1CCNCC1. The molecule has 0 bridgehead atoms. The first-order valence-corrected chi connectivity index (χ1v) is 13.7. The number of nitrogens with one attached hydrogen (secondary N) is 4. The first-order chi connectivity index (χ1) is 17.9. The van der Waals surface area contributed by atoms with Gasteiger partial charge in [0.05, 0.1) is 22.8 Å². The fourth-order valence-electron chi connectivity index (χ4n) is 4.01. The Balaban J connectivity index is 0.00000400. The van der Waals surface area contributed by atoms with Gasteiger partial charge in [-0.05, 0) is 80.4 Å². The molecule has 202 valence electrons. The zero-order valence-corrected chi connectivity index (χ0v) is 22.4. The summed E-state index contributed by atoms with van der Waals surface area (Å²) in [5, 5.41) is 8.74. The van der Waals surface area contributed by atoms with Crippen LogP contribution in [0.15, 0.2) is 89.8 Å². The predicted octanol–water partition coefficient (Wildman–Crippen LogP) is 3.18. The van der Waals surface area contributed by atoms with Gasteiger partial charge in [0.25, 0.3) is 15.9 Å².